The molecule has 2 atom stereocenters. The molecular formula is C35H52O2P+. The van der Waals surface area contributed by atoms with Crippen LogP contribution in [0.2, 0.25) is 0 Å². The lowest BCUT2D eigenvalue weighted by molar-refractivity contribution is 0.263. The van der Waals surface area contributed by atoms with Crippen LogP contribution in [0.3, 0.4) is 0 Å². The Balaban J connectivity index is 1.66. The highest BCUT2D eigenvalue weighted by Crippen LogP contribution is 2.76. The van der Waals surface area contributed by atoms with Gasteiger partial charge in [-0.25, -0.2) is 0 Å². The molecule has 1 heterocycles. The lowest BCUT2D eigenvalue weighted by atomic mass is 9.79. The van der Waals surface area contributed by atoms with Gasteiger partial charge in [-0.05, 0) is 94.2 Å². The smallest absolute Gasteiger partial charge is 0.165 e. The van der Waals surface area contributed by atoms with Crippen molar-refractivity contribution in [1.29, 1.82) is 0 Å². The molecule has 3 fully saturated rings. The van der Waals surface area contributed by atoms with Crippen LogP contribution in [-0.2, 0) is 0 Å². The van der Waals surface area contributed by atoms with Crippen molar-refractivity contribution in [2.45, 2.75) is 121 Å². The molecule has 208 valence electrons. The summed E-state index contributed by atoms with van der Waals surface area (Å²) in [6.45, 7) is 5.93. The Morgan fingerprint density at radius 3 is 2.08 bits per heavy atom. The van der Waals surface area contributed by atoms with Gasteiger partial charge in [0.1, 0.15) is 0 Å². The van der Waals surface area contributed by atoms with Gasteiger partial charge in [-0.3, -0.25) is 0 Å². The molecule has 0 aromatic heterocycles. The van der Waals surface area contributed by atoms with Gasteiger partial charge in [0, 0.05) is 18.7 Å². The van der Waals surface area contributed by atoms with Gasteiger partial charge in [-0.2, -0.15) is 0 Å². The van der Waals surface area contributed by atoms with E-state index in [1.54, 1.807) is 12.3 Å². The van der Waals surface area contributed by atoms with E-state index in [4.69, 9.17) is 9.47 Å². The van der Waals surface area contributed by atoms with Crippen molar-refractivity contribution >= 4 is 7.26 Å². The monoisotopic (exact) mass is 535 g/mol. The van der Waals surface area contributed by atoms with Gasteiger partial charge in [0.05, 0.1) is 36.9 Å². The van der Waals surface area contributed by atoms with Crippen molar-refractivity contribution < 1.29 is 9.47 Å². The Labute approximate surface area is 233 Å². The number of hydrogen-bond acceptors (Lipinski definition) is 2. The van der Waals surface area contributed by atoms with Crippen LogP contribution in [0.25, 0.3) is 11.1 Å². The van der Waals surface area contributed by atoms with E-state index in [0.717, 1.165) is 48.9 Å². The molecule has 2 unspecified atom stereocenters. The maximum absolute atomic E-state index is 6.73. The molecule has 3 heteroatoms. The third-order valence-electron chi connectivity index (χ3n) is 9.87. The van der Waals surface area contributed by atoms with Crippen LogP contribution < -0.4 is 9.47 Å². The minimum atomic E-state index is -1.05. The molecule has 0 N–H and O–H groups in total. The van der Waals surface area contributed by atoms with Crippen molar-refractivity contribution in [3.63, 3.8) is 0 Å². The lowest BCUT2D eigenvalue weighted by Gasteiger charge is -2.49. The zero-order valence-corrected chi connectivity index (χ0v) is 25.2. The number of hydrogen-bond donors (Lipinski definition) is 0. The van der Waals surface area contributed by atoms with Crippen molar-refractivity contribution in [3.8, 4) is 22.6 Å². The van der Waals surface area contributed by atoms with Gasteiger partial charge < -0.3 is 9.47 Å². The molecular weight excluding hydrogens is 483 g/mol. The SMILES string of the molecule is CCCOc1ccc(-c2ccccc2)c(C2CCCCC2[P+]2(C3CCCCC3)CCCCC2)c1OCCC. The number of benzene rings is 2. The van der Waals surface area contributed by atoms with Crippen LogP contribution >= 0.6 is 7.26 Å². The Kier molecular flexibility index (Phi) is 10.1. The number of rotatable bonds is 10. The maximum atomic E-state index is 6.73. The predicted octanol–water partition coefficient (Wildman–Crippen LogP) is 10.5. The average molecular weight is 536 g/mol. The molecule has 2 saturated carbocycles. The molecule has 2 aliphatic carbocycles. The molecule has 2 nitrogen and oxygen atoms in total. The molecule has 1 aliphatic heterocycles. The van der Waals surface area contributed by atoms with Crippen LogP contribution in [-0.4, -0.2) is 36.9 Å². The molecule has 2 aromatic rings. The Morgan fingerprint density at radius 1 is 0.684 bits per heavy atom. The van der Waals surface area contributed by atoms with Gasteiger partial charge in [0.15, 0.2) is 11.5 Å². The first kappa shape index (κ1) is 28.0. The highest BCUT2D eigenvalue weighted by Gasteiger charge is 2.56. The third-order valence-corrected chi connectivity index (χ3v) is 16.1. The Hall–Kier alpha value is -1.53. The molecule has 2 aromatic carbocycles. The zero-order valence-electron chi connectivity index (χ0n) is 24.3. The van der Waals surface area contributed by atoms with Gasteiger partial charge in [-0.1, -0.05) is 63.1 Å². The predicted molar refractivity (Wildman–Crippen MR) is 166 cm³/mol. The molecule has 0 amide bonds. The summed E-state index contributed by atoms with van der Waals surface area (Å²) in [7, 11) is -1.05. The molecule has 0 bridgehead atoms. The van der Waals surface area contributed by atoms with E-state index in [-0.39, 0.29) is 0 Å². The quantitative estimate of drug-likeness (QED) is 0.282. The lowest BCUT2D eigenvalue weighted by Crippen LogP contribution is -2.37. The van der Waals surface area contributed by atoms with Crippen molar-refractivity contribution in [3.05, 3.63) is 48.0 Å². The molecule has 3 aliphatic rings. The Bertz CT molecular complexity index is 990. The van der Waals surface area contributed by atoms with E-state index < -0.39 is 7.26 Å². The summed E-state index contributed by atoms with van der Waals surface area (Å²) in [6, 6.07) is 15.7. The van der Waals surface area contributed by atoms with E-state index in [2.05, 4.69) is 56.3 Å². The van der Waals surface area contributed by atoms with E-state index in [9.17, 15) is 0 Å². The molecule has 5 rings (SSSR count). The molecule has 1 saturated heterocycles. The first-order chi connectivity index (χ1) is 18.8. The van der Waals surface area contributed by atoms with Crippen LogP contribution in [0, 0.1) is 0 Å². The van der Waals surface area contributed by atoms with E-state index in [1.807, 2.05) is 0 Å². The van der Waals surface area contributed by atoms with Gasteiger partial charge >= 0.3 is 0 Å². The molecule has 0 spiro atoms. The fraction of sp³-hybridized carbons (Fsp3) is 0.657. The largest absolute Gasteiger partial charge is 0.490 e. The van der Waals surface area contributed by atoms with Crippen LogP contribution in [0.5, 0.6) is 11.5 Å². The van der Waals surface area contributed by atoms with E-state index in [0.29, 0.717) is 5.92 Å². The summed E-state index contributed by atoms with van der Waals surface area (Å²) in [5, 5.41) is 0. The van der Waals surface area contributed by atoms with Crippen LogP contribution in [0.4, 0.5) is 0 Å². The zero-order chi connectivity index (χ0) is 26.2. The summed E-state index contributed by atoms with van der Waals surface area (Å²) in [4.78, 5) is 0. The fourth-order valence-corrected chi connectivity index (χ4v) is 15.1. The topological polar surface area (TPSA) is 18.5 Å². The standard InChI is InChI=1S/C35H52O2P/c1-3-24-36-32-23-22-30(28-16-8-5-9-17-28)34(35(32)37-25-4-2)31-20-12-13-21-33(31)38(26-14-7-15-27-38)29-18-10-6-11-19-29/h5,8-9,16-17,22-23,29,31,33H,3-4,6-7,10-15,18-21,24-27H2,1-2H3/q+1. The average Bonchev–Trinajstić information content (AvgIpc) is 3.00. The van der Waals surface area contributed by atoms with Crippen molar-refractivity contribution in [2.75, 3.05) is 25.5 Å². The van der Waals surface area contributed by atoms with Gasteiger partial charge in [0.2, 0.25) is 0 Å². The number of ether oxygens (including phenoxy) is 2. The summed E-state index contributed by atoms with van der Waals surface area (Å²) >= 11 is 0. The van der Waals surface area contributed by atoms with Gasteiger partial charge in [-0.15, -0.1) is 0 Å². The first-order valence-electron chi connectivity index (χ1n) is 16.1. The second-order valence-corrected chi connectivity index (χ2v) is 16.8. The molecule has 0 radical (unpaired) electrons. The van der Waals surface area contributed by atoms with Crippen LogP contribution in [0.1, 0.15) is 115 Å². The second kappa shape index (κ2) is 13.7. The first-order valence-corrected chi connectivity index (χ1v) is 18.4. The Morgan fingerprint density at radius 2 is 1.34 bits per heavy atom. The highest BCUT2D eigenvalue weighted by atomic mass is 31.2. The van der Waals surface area contributed by atoms with Crippen molar-refractivity contribution in [1.82, 2.24) is 0 Å². The minimum Gasteiger partial charge on any atom is -0.490 e. The maximum Gasteiger partial charge on any atom is 0.165 e. The van der Waals surface area contributed by atoms with Crippen molar-refractivity contribution in [2.24, 2.45) is 0 Å². The second-order valence-electron chi connectivity index (χ2n) is 12.3. The third kappa shape index (κ3) is 5.96. The summed E-state index contributed by atoms with van der Waals surface area (Å²) < 4.78 is 13.1. The van der Waals surface area contributed by atoms with Crippen LogP contribution in [0.15, 0.2) is 42.5 Å². The van der Waals surface area contributed by atoms with E-state index >= 15 is 0 Å². The van der Waals surface area contributed by atoms with E-state index in [1.165, 1.54) is 93.7 Å². The van der Waals surface area contributed by atoms with Gasteiger partial charge in [0.25, 0.3) is 0 Å². The molecule has 38 heavy (non-hydrogen) atoms. The summed E-state index contributed by atoms with van der Waals surface area (Å²) in [5.74, 6) is 2.66. The highest BCUT2D eigenvalue weighted by molar-refractivity contribution is 7.77. The fourth-order valence-electron chi connectivity index (χ4n) is 8.22. The normalized spacial score (nSPS) is 24.2. The summed E-state index contributed by atoms with van der Waals surface area (Å²) in [6.07, 6.45) is 22.6. The minimum absolute atomic E-state index is 0.601. The summed E-state index contributed by atoms with van der Waals surface area (Å²) in [5.41, 5.74) is 6.14.